The third-order valence-electron chi connectivity index (χ3n) is 2.88. The van der Waals surface area contributed by atoms with Gasteiger partial charge in [0, 0.05) is 24.9 Å². The van der Waals surface area contributed by atoms with Crippen LogP contribution in [0.5, 0.6) is 0 Å². The molecule has 1 fully saturated rings. The van der Waals surface area contributed by atoms with Gasteiger partial charge in [-0.3, -0.25) is 0 Å². The fourth-order valence-electron chi connectivity index (χ4n) is 1.84. The molecule has 2 atom stereocenters. The summed E-state index contributed by atoms with van der Waals surface area (Å²) >= 11 is 2.06. The normalized spacial score (nSPS) is 23.2. The van der Waals surface area contributed by atoms with Crippen LogP contribution in [-0.2, 0) is 4.74 Å². The van der Waals surface area contributed by atoms with Gasteiger partial charge in [-0.15, -0.1) is 0 Å². The molecule has 0 saturated carbocycles. The molecule has 0 aliphatic carbocycles. The van der Waals surface area contributed by atoms with Gasteiger partial charge in [0.05, 0.1) is 6.10 Å². The number of nitrogens with one attached hydrogen (secondary N) is 1. The summed E-state index contributed by atoms with van der Waals surface area (Å²) in [6, 6.07) is 0.527. The van der Waals surface area contributed by atoms with E-state index in [4.69, 9.17) is 4.74 Å². The van der Waals surface area contributed by atoms with Crippen LogP contribution in [0.2, 0.25) is 0 Å². The van der Waals surface area contributed by atoms with E-state index in [0.29, 0.717) is 12.1 Å². The molecular formula is C12H25NOS. The van der Waals surface area contributed by atoms with Gasteiger partial charge < -0.3 is 10.1 Å². The molecular weight excluding hydrogens is 206 g/mol. The predicted octanol–water partition coefficient (Wildman–Crippen LogP) is 2.68. The molecule has 1 rings (SSSR count). The minimum Gasteiger partial charge on any atom is -0.377 e. The van der Waals surface area contributed by atoms with Crippen molar-refractivity contribution in [1.82, 2.24) is 5.32 Å². The van der Waals surface area contributed by atoms with Gasteiger partial charge >= 0.3 is 0 Å². The summed E-state index contributed by atoms with van der Waals surface area (Å²) in [6.45, 7) is 6.57. The Balaban J connectivity index is 1.90. The van der Waals surface area contributed by atoms with Crippen molar-refractivity contribution in [3.05, 3.63) is 0 Å². The summed E-state index contributed by atoms with van der Waals surface area (Å²) in [5.74, 6) is 2.55. The summed E-state index contributed by atoms with van der Waals surface area (Å²) in [6.07, 6.45) is 5.60. The van der Waals surface area contributed by atoms with Crippen molar-refractivity contribution in [2.24, 2.45) is 0 Å². The number of hydrogen-bond acceptors (Lipinski definition) is 3. The Bertz CT molecular complexity index is 149. The highest BCUT2D eigenvalue weighted by molar-refractivity contribution is 7.99. The predicted molar refractivity (Wildman–Crippen MR) is 68.7 cm³/mol. The van der Waals surface area contributed by atoms with Crippen LogP contribution in [0.25, 0.3) is 0 Å². The van der Waals surface area contributed by atoms with Gasteiger partial charge in [0.2, 0.25) is 0 Å². The maximum atomic E-state index is 5.64. The van der Waals surface area contributed by atoms with Crippen LogP contribution in [0.3, 0.4) is 0 Å². The smallest absolute Gasteiger partial charge is 0.0726 e. The lowest BCUT2D eigenvalue weighted by molar-refractivity contribution is 0.0844. The molecule has 1 heterocycles. The van der Waals surface area contributed by atoms with Crippen LogP contribution in [0, 0.1) is 0 Å². The molecule has 2 nitrogen and oxygen atoms in total. The molecule has 3 heteroatoms. The zero-order valence-electron chi connectivity index (χ0n) is 10.1. The molecule has 1 saturated heterocycles. The maximum Gasteiger partial charge on any atom is 0.0726 e. The summed E-state index contributed by atoms with van der Waals surface area (Å²) < 4.78 is 5.64. The fraction of sp³-hybridized carbons (Fsp3) is 1.00. The second-order valence-corrected chi connectivity index (χ2v) is 5.48. The van der Waals surface area contributed by atoms with Gasteiger partial charge in [0.25, 0.3) is 0 Å². The highest BCUT2D eigenvalue weighted by Gasteiger charge is 2.21. The van der Waals surface area contributed by atoms with E-state index < -0.39 is 0 Å². The van der Waals surface area contributed by atoms with E-state index in [9.17, 15) is 0 Å². The molecule has 0 aromatic rings. The number of hydrogen-bond donors (Lipinski definition) is 1. The van der Waals surface area contributed by atoms with Crippen LogP contribution in [0.1, 0.15) is 39.5 Å². The van der Waals surface area contributed by atoms with E-state index in [2.05, 4.69) is 30.9 Å². The first-order valence-corrected chi connectivity index (χ1v) is 7.42. The second kappa shape index (κ2) is 8.43. The molecule has 2 unspecified atom stereocenters. The van der Waals surface area contributed by atoms with Crippen LogP contribution < -0.4 is 5.32 Å². The minimum absolute atomic E-state index is 0.464. The number of rotatable bonds is 8. The van der Waals surface area contributed by atoms with Gasteiger partial charge in [-0.05, 0) is 31.9 Å². The fourth-order valence-corrected chi connectivity index (χ4v) is 2.79. The van der Waals surface area contributed by atoms with Crippen molar-refractivity contribution in [1.29, 1.82) is 0 Å². The molecule has 0 spiro atoms. The van der Waals surface area contributed by atoms with Crippen LogP contribution in [-0.4, -0.2) is 36.8 Å². The quantitative estimate of drug-likeness (QED) is 0.649. The average Bonchev–Trinajstić information content (AvgIpc) is 2.76. The SMILES string of the molecule is CCCCSCCNC(C)C1CCCO1. The van der Waals surface area contributed by atoms with Crippen molar-refractivity contribution in [2.75, 3.05) is 24.7 Å². The van der Waals surface area contributed by atoms with E-state index in [1.165, 1.54) is 37.2 Å². The Labute approximate surface area is 98.5 Å². The Kier molecular flexibility index (Phi) is 7.49. The zero-order valence-corrected chi connectivity index (χ0v) is 10.9. The van der Waals surface area contributed by atoms with Gasteiger partial charge in [-0.25, -0.2) is 0 Å². The Morgan fingerprint density at radius 3 is 3.00 bits per heavy atom. The standard InChI is InChI=1S/C12H25NOS/c1-3-4-9-15-10-7-13-11(2)12-6-5-8-14-12/h11-13H,3-10H2,1-2H3. The molecule has 1 aliphatic rings. The van der Waals surface area contributed by atoms with Crippen molar-refractivity contribution < 1.29 is 4.74 Å². The van der Waals surface area contributed by atoms with Gasteiger partial charge in [0.15, 0.2) is 0 Å². The van der Waals surface area contributed by atoms with E-state index in [1.54, 1.807) is 0 Å². The van der Waals surface area contributed by atoms with Crippen molar-refractivity contribution >= 4 is 11.8 Å². The second-order valence-electron chi connectivity index (χ2n) is 4.26. The molecule has 90 valence electrons. The van der Waals surface area contributed by atoms with E-state index in [0.717, 1.165) is 13.2 Å². The Morgan fingerprint density at radius 2 is 2.33 bits per heavy atom. The van der Waals surface area contributed by atoms with Gasteiger partial charge in [-0.1, -0.05) is 13.3 Å². The lowest BCUT2D eigenvalue weighted by Crippen LogP contribution is -2.38. The number of ether oxygens (including phenoxy) is 1. The third kappa shape index (κ3) is 5.79. The summed E-state index contributed by atoms with van der Waals surface area (Å²) in [5, 5.41) is 3.56. The van der Waals surface area contributed by atoms with Gasteiger partial charge in [-0.2, -0.15) is 11.8 Å². The third-order valence-corrected chi connectivity index (χ3v) is 3.95. The lowest BCUT2D eigenvalue weighted by Gasteiger charge is -2.19. The molecule has 0 amide bonds. The van der Waals surface area contributed by atoms with Crippen molar-refractivity contribution in [3.8, 4) is 0 Å². The van der Waals surface area contributed by atoms with Crippen molar-refractivity contribution in [2.45, 2.75) is 51.7 Å². The summed E-state index contributed by atoms with van der Waals surface area (Å²) in [7, 11) is 0. The van der Waals surface area contributed by atoms with Crippen LogP contribution in [0.15, 0.2) is 0 Å². The average molecular weight is 231 g/mol. The van der Waals surface area contributed by atoms with Gasteiger partial charge in [0.1, 0.15) is 0 Å². The topological polar surface area (TPSA) is 21.3 Å². The molecule has 15 heavy (non-hydrogen) atoms. The van der Waals surface area contributed by atoms with E-state index in [1.807, 2.05) is 0 Å². The van der Waals surface area contributed by atoms with E-state index >= 15 is 0 Å². The molecule has 1 aliphatic heterocycles. The van der Waals surface area contributed by atoms with E-state index in [-0.39, 0.29) is 0 Å². The molecule has 0 aromatic heterocycles. The Morgan fingerprint density at radius 1 is 1.47 bits per heavy atom. The lowest BCUT2D eigenvalue weighted by atomic mass is 10.1. The highest BCUT2D eigenvalue weighted by Crippen LogP contribution is 2.15. The van der Waals surface area contributed by atoms with Crippen LogP contribution in [0.4, 0.5) is 0 Å². The zero-order chi connectivity index (χ0) is 10.9. The molecule has 0 aromatic carbocycles. The molecule has 1 N–H and O–H groups in total. The highest BCUT2D eigenvalue weighted by atomic mass is 32.2. The minimum atomic E-state index is 0.464. The molecule has 0 radical (unpaired) electrons. The maximum absolute atomic E-state index is 5.64. The number of unbranched alkanes of at least 4 members (excludes halogenated alkanes) is 1. The first kappa shape index (κ1) is 13.3. The first-order chi connectivity index (χ1) is 7.34. The van der Waals surface area contributed by atoms with Crippen LogP contribution >= 0.6 is 11.8 Å². The largest absolute Gasteiger partial charge is 0.377 e. The molecule has 0 bridgehead atoms. The summed E-state index contributed by atoms with van der Waals surface area (Å²) in [5.41, 5.74) is 0. The van der Waals surface area contributed by atoms with Crippen molar-refractivity contribution in [3.63, 3.8) is 0 Å². The monoisotopic (exact) mass is 231 g/mol. The summed E-state index contributed by atoms with van der Waals surface area (Å²) in [4.78, 5) is 0. The first-order valence-electron chi connectivity index (χ1n) is 6.27. The number of thioether (sulfide) groups is 1. The Hall–Kier alpha value is 0.270.